The Morgan fingerprint density at radius 1 is 0.868 bits per heavy atom. The molecule has 0 bridgehead atoms. The number of benzene rings is 4. The summed E-state index contributed by atoms with van der Waals surface area (Å²) in [4.78, 5) is 28.9. The zero-order valence-electron chi connectivity index (χ0n) is 21.4. The number of carbonyl (C=O) groups is 2. The third kappa shape index (κ3) is 7.23. The quantitative estimate of drug-likeness (QED) is 0.206. The molecule has 2 amide bonds. The molecule has 0 spiro atoms. The predicted molar refractivity (Wildman–Crippen MR) is 159 cm³/mol. The van der Waals surface area contributed by atoms with Crippen molar-refractivity contribution in [3.8, 4) is 5.75 Å². The van der Waals surface area contributed by atoms with Gasteiger partial charge in [-0.25, -0.2) is 0 Å². The highest BCUT2D eigenvalue weighted by molar-refractivity contribution is 9.11. The maximum absolute atomic E-state index is 13.8. The lowest BCUT2D eigenvalue weighted by molar-refractivity contribution is -0.143. The summed E-state index contributed by atoms with van der Waals surface area (Å²) in [6, 6.07) is 28.5. The number of rotatable bonds is 10. The molecule has 196 valence electrons. The third-order valence-electron chi connectivity index (χ3n) is 6.12. The van der Waals surface area contributed by atoms with Crippen molar-refractivity contribution in [3.63, 3.8) is 0 Å². The lowest BCUT2D eigenvalue weighted by atomic mass is 10.0. The molecule has 0 heterocycles. The molecule has 7 heteroatoms. The van der Waals surface area contributed by atoms with Crippen LogP contribution in [0.3, 0.4) is 0 Å². The van der Waals surface area contributed by atoms with Gasteiger partial charge < -0.3 is 15.0 Å². The molecule has 1 unspecified atom stereocenters. The maximum atomic E-state index is 13.8. The fourth-order valence-electron chi connectivity index (χ4n) is 4.31. The number of halogens is 2. The number of hydrogen-bond donors (Lipinski definition) is 1. The van der Waals surface area contributed by atoms with Crippen LogP contribution in [-0.2, 0) is 22.6 Å². The van der Waals surface area contributed by atoms with E-state index in [1.54, 1.807) is 4.90 Å². The SMILES string of the molecule is CC(C)NC(=O)C(Cc1ccccc1)N(Cc1cccc(Br)c1)C(=O)COc1ccc2ccccc2c1Br. The highest BCUT2D eigenvalue weighted by Gasteiger charge is 2.31. The first-order valence-corrected chi connectivity index (χ1v) is 14.1. The highest BCUT2D eigenvalue weighted by atomic mass is 79.9. The Labute approximate surface area is 240 Å². The monoisotopic (exact) mass is 636 g/mol. The molecular formula is C31H30Br2N2O3. The summed E-state index contributed by atoms with van der Waals surface area (Å²) in [5.74, 6) is 0.106. The van der Waals surface area contributed by atoms with E-state index in [4.69, 9.17) is 4.74 Å². The van der Waals surface area contributed by atoms with Crippen LogP contribution in [0, 0.1) is 0 Å². The summed E-state index contributed by atoms with van der Waals surface area (Å²) in [7, 11) is 0. The Bertz CT molecular complexity index is 1410. The molecule has 0 aliphatic carbocycles. The summed E-state index contributed by atoms with van der Waals surface area (Å²) >= 11 is 7.15. The topological polar surface area (TPSA) is 58.6 Å². The Hall–Kier alpha value is -3.16. The Kier molecular flexibility index (Phi) is 9.58. The molecule has 0 aliphatic rings. The van der Waals surface area contributed by atoms with E-state index in [2.05, 4.69) is 37.2 Å². The van der Waals surface area contributed by atoms with Crippen molar-refractivity contribution < 1.29 is 14.3 Å². The van der Waals surface area contributed by atoms with Gasteiger partial charge in [0.25, 0.3) is 5.91 Å². The van der Waals surface area contributed by atoms with Gasteiger partial charge in [0.2, 0.25) is 5.91 Å². The summed E-state index contributed by atoms with van der Waals surface area (Å²) in [6.45, 7) is 3.89. The Morgan fingerprint density at radius 2 is 1.58 bits per heavy atom. The highest BCUT2D eigenvalue weighted by Crippen LogP contribution is 2.33. The number of carbonyl (C=O) groups excluding carboxylic acids is 2. The van der Waals surface area contributed by atoms with Crippen molar-refractivity contribution in [2.75, 3.05) is 6.61 Å². The Morgan fingerprint density at radius 3 is 2.32 bits per heavy atom. The molecule has 4 rings (SSSR count). The second kappa shape index (κ2) is 13.1. The molecule has 0 saturated carbocycles. The first kappa shape index (κ1) is 27.9. The molecule has 4 aromatic rings. The number of nitrogens with one attached hydrogen (secondary N) is 1. The number of ether oxygens (including phenoxy) is 1. The van der Waals surface area contributed by atoms with Crippen molar-refractivity contribution >= 4 is 54.4 Å². The second-order valence-electron chi connectivity index (χ2n) is 9.41. The van der Waals surface area contributed by atoms with E-state index in [1.165, 1.54) is 0 Å². The summed E-state index contributed by atoms with van der Waals surface area (Å²) < 4.78 is 7.73. The number of fused-ring (bicyclic) bond motifs is 1. The van der Waals surface area contributed by atoms with E-state index in [9.17, 15) is 9.59 Å². The van der Waals surface area contributed by atoms with Crippen LogP contribution >= 0.6 is 31.9 Å². The fraction of sp³-hybridized carbons (Fsp3) is 0.226. The standard InChI is InChI=1S/C31H30Br2N2O3/c1-21(2)34-31(37)27(18-22-9-4-3-5-10-22)35(19-23-11-8-13-25(32)17-23)29(36)20-38-28-16-15-24-12-6-7-14-26(24)30(28)33/h3-17,21,27H,18-20H2,1-2H3,(H,34,37). The second-order valence-corrected chi connectivity index (χ2v) is 11.1. The van der Waals surface area contributed by atoms with Crippen LogP contribution in [0.2, 0.25) is 0 Å². The van der Waals surface area contributed by atoms with Crippen LogP contribution in [0.5, 0.6) is 5.75 Å². The molecule has 0 radical (unpaired) electrons. The molecular weight excluding hydrogens is 608 g/mol. The van der Waals surface area contributed by atoms with Gasteiger partial charge in [0, 0.05) is 23.5 Å². The summed E-state index contributed by atoms with van der Waals surface area (Å²) in [5.41, 5.74) is 1.89. The molecule has 4 aromatic carbocycles. The summed E-state index contributed by atoms with van der Waals surface area (Å²) in [5, 5.41) is 5.08. The minimum atomic E-state index is -0.713. The minimum Gasteiger partial charge on any atom is -0.483 e. The van der Waals surface area contributed by atoms with Gasteiger partial charge in [-0.3, -0.25) is 9.59 Å². The molecule has 0 fully saturated rings. The van der Waals surface area contributed by atoms with E-state index in [1.807, 2.05) is 105 Å². The average molecular weight is 638 g/mol. The van der Waals surface area contributed by atoms with Crippen LogP contribution in [0.15, 0.2) is 99.9 Å². The van der Waals surface area contributed by atoms with Crippen molar-refractivity contribution in [1.29, 1.82) is 0 Å². The van der Waals surface area contributed by atoms with Crippen molar-refractivity contribution in [1.82, 2.24) is 10.2 Å². The van der Waals surface area contributed by atoms with Crippen LogP contribution in [0.4, 0.5) is 0 Å². The number of nitrogens with zero attached hydrogens (tertiary/aromatic N) is 1. The molecule has 1 N–H and O–H groups in total. The zero-order chi connectivity index (χ0) is 27.1. The lowest BCUT2D eigenvalue weighted by Crippen LogP contribution is -2.52. The maximum Gasteiger partial charge on any atom is 0.261 e. The van der Waals surface area contributed by atoms with Crippen LogP contribution in [0.25, 0.3) is 10.8 Å². The van der Waals surface area contributed by atoms with Gasteiger partial charge in [-0.2, -0.15) is 0 Å². The molecule has 0 aromatic heterocycles. The third-order valence-corrected chi connectivity index (χ3v) is 7.43. The molecule has 1 atom stereocenters. The van der Waals surface area contributed by atoms with Gasteiger partial charge in [-0.1, -0.05) is 88.7 Å². The van der Waals surface area contributed by atoms with Gasteiger partial charge in [0.15, 0.2) is 6.61 Å². The van der Waals surface area contributed by atoms with E-state index >= 15 is 0 Å². The largest absolute Gasteiger partial charge is 0.483 e. The van der Waals surface area contributed by atoms with Gasteiger partial charge in [0.1, 0.15) is 11.8 Å². The van der Waals surface area contributed by atoms with Gasteiger partial charge >= 0.3 is 0 Å². The number of hydrogen-bond acceptors (Lipinski definition) is 3. The zero-order valence-corrected chi connectivity index (χ0v) is 24.5. The van der Waals surface area contributed by atoms with E-state index < -0.39 is 6.04 Å². The average Bonchev–Trinajstić information content (AvgIpc) is 2.90. The van der Waals surface area contributed by atoms with Crippen molar-refractivity contribution in [2.24, 2.45) is 0 Å². The van der Waals surface area contributed by atoms with Crippen LogP contribution < -0.4 is 10.1 Å². The number of amides is 2. The van der Waals surface area contributed by atoms with Gasteiger partial charge in [-0.05, 0) is 69.9 Å². The van der Waals surface area contributed by atoms with E-state index in [0.29, 0.717) is 12.2 Å². The first-order valence-electron chi connectivity index (χ1n) is 12.5. The molecule has 0 aliphatic heterocycles. The normalized spacial score (nSPS) is 11.8. The molecule has 0 saturated heterocycles. The Balaban J connectivity index is 1.64. The van der Waals surface area contributed by atoms with Crippen molar-refractivity contribution in [3.05, 3.63) is 111 Å². The molecule has 38 heavy (non-hydrogen) atoms. The van der Waals surface area contributed by atoms with Gasteiger partial charge in [0.05, 0.1) is 4.47 Å². The summed E-state index contributed by atoms with van der Waals surface area (Å²) in [6.07, 6.45) is 0.388. The van der Waals surface area contributed by atoms with Crippen LogP contribution in [0.1, 0.15) is 25.0 Å². The lowest BCUT2D eigenvalue weighted by Gasteiger charge is -2.32. The van der Waals surface area contributed by atoms with Gasteiger partial charge in [-0.15, -0.1) is 0 Å². The van der Waals surface area contributed by atoms with Crippen LogP contribution in [-0.4, -0.2) is 35.4 Å². The predicted octanol–water partition coefficient (Wildman–Crippen LogP) is 6.91. The van der Waals surface area contributed by atoms with E-state index in [0.717, 1.165) is 30.8 Å². The fourth-order valence-corrected chi connectivity index (χ4v) is 5.37. The smallest absolute Gasteiger partial charge is 0.261 e. The molecule has 5 nitrogen and oxygen atoms in total. The van der Waals surface area contributed by atoms with Crippen molar-refractivity contribution in [2.45, 2.75) is 38.9 Å². The first-order chi connectivity index (χ1) is 18.3. The van der Waals surface area contributed by atoms with E-state index in [-0.39, 0.29) is 31.0 Å². The minimum absolute atomic E-state index is 0.0617.